The van der Waals surface area contributed by atoms with Crippen molar-refractivity contribution in [3.63, 3.8) is 0 Å². The van der Waals surface area contributed by atoms with Crippen LogP contribution in [0, 0.1) is 0 Å². The Kier molecular flexibility index (Phi) is 7.70. The Bertz CT molecular complexity index is 707. The van der Waals surface area contributed by atoms with Crippen molar-refractivity contribution in [2.45, 2.75) is 13.0 Å². The minimum Gasteiger partial charge on any atom is -0.486 e. The van der Waals surface area contributed by atoms with Crippen LogP contribution in [0.15, 0.2) is 39.9 Å². The van der Waals surface area contributed by atoms with E-state index in [1.807, 2.05) is 24.3 Å². The summed E-state index contributed by atoms with van der Waals surface area (Å²) in [6, 6.07) is 7.66. The van der Waals surface area contributed by atoms with E-state index in [-0.39, 0.29) is 24.0 Å². The van der Waals surface area contributed by atoms with Gasteiger partial charge in [-0.15, -0.1) is 24.0 Å². The maximum absolute atomic E-state index is 6.25. The topological polar surface area (TPSA) is 68.0 Å². The van der Waals surface area contributed by atoms with E-state index in [1.54, 1.807) is 13.3 Å². The standard InChI is InChI=1S/C17H20ClN3O3.HI/c1-19-17(21-11-13-3-2-6-22-13)20-5-4-12-9-14(18)16-15(10-12)23-7-8-24-16;/h2-3,6,9-10H,4-5,7-8,11H2,1H3,(H2,19,20,21);1H. The van der Waals surface area contributed by atoms with E-state index in [4.69, 9.17) is 25.5 Å². The summed E-state index contributed by atoms with van der Waals surface area (Å²) >= 11 is 6.25. The monoisotopic (exact) mass is 477 g/mol. The van der Waals surface area contributed by atoms with Gasteiger partial charge in [0.25, 0.3) is 0 Å². The molecule has 0 amide bonds. The zero-order chi connectivity index (χ0) is 16.8. The number of fused-ring (bicyclic) bond motifs is 1. The van der Waals surface area contributed by atoms with Crippen molar-refractivity contribution < 1.29 is 13.9 Å². The summed E-state index contributed by atoms with van der Waals surface area (Å²) < 4.78 is 16.4. The molecule has 3 rings (SSSR count). The molecule has 2 heterocycles. The summed E-state index contributed by atoms with van der Waals surface area (Å²) in [4.78, 5) is 4.19. The summed E-state index contributed by atoms with van der Waals surface area (Å²) in [6.45, 7) is 2.38. The van der Waals surface area contributed by atoms with Gasteiger partial charge >= 0.3 is 0 Å². The first-order valence-corrected chi connectivity index (χ1v) is 8.19. The van der Waals surface area contributed by atoms with E-state index in [1.165, 1.54) is 0 Å². The van der Waals surface area contributed by atoms with Gasteiger partial charge in [-0.05, 0) is 36.2 Å². The zero-order valence-corrected chi connectivity index (χ0v) is 17.0. The first kappa shape index (κ1) is 19.7. The van der Waals surface area contributed by atoms with Crippen molar-refractivity contribution in [2.75, 3.05) is 26.8 Å². The molecule has 0 saturated heterocycles. The van der Waals surface area contributed by atoms with Gasteiger partial charge in [0.15, 0.2) is 17.5 Å². The minimum absolute atomic E-state index is 0. The number of nitrogens with zero attached hydrogens (tertiary/aromatic N) is 1. The lowest BCUT2D eigenvalue weighted by Crippen LogP contribution is -2.37. The van der Waals surface area contributed by atoms with Crippen LogP contribution in [0.4, 0.5) is 0 Å². The van der Waals surface area contributed by atoms with Crippen molar-refractivity contribution in [1.82, 2.24) is 10.6 Å². The third-order valence-electron chi connectivity index (χ3n) is 3.60. The number of guanidine groups is 1. The number of nitrogens with one attached hydrogen (secondary N) is 2. The molecule has 8 heteroatoms. The van der Waals surface area contributed by atoms with Gasteiger partial charge in [0, 0.05) is 13.6 Å². The molecule has 6 nitrogen and oxygen atoms in total. The summed E-state index contributed by atoms with van der Waals surface area (Å²) in [5, 5.41) is 7.04. The number of hydrogen-bond donors (Lipinski definition) is 2. The Morgan fingerprint density at radius 2 is 2.08 bits per heavy atom. The molecular formula is C17H21ClIN3O3. The molecule has 0 saturated carbocycles. The predicted molar refractivity (Wildman–Crippen MR) is 108 cm³/mol. The molecule has 0 atom stereocenters. The molecule has 0 spiro atoms. The minimum atomic E-state index is 0. The van der Waals surface area contributed by atoms with Gasteiger partial charge in [0.05, 0.1) is 17.8 Å². The lowest BCUT2D eigenvalue weighted by molar-refractivity contribution is 0.171. The second-order valence-electron chi connectivity index (χ2n) is 5.28. The van der Waals surface area contributed by atoms with Crippen LogP contribution >= 0.6 is 35.6 Å². The Morgan fingerprint density at radius 3 is 2.84 bits per heavy atom. The number of benzene rings is 1. The Hall–Kier alpha value is -1.61. The molecule has 0 bridgehead atoms. The predicted octanol–water partition coefficient (Wildman–Crippen LogP) is 3.23. The second kappa shape index (κ2) is 9.76. The highest BCUT2D eigenvalue weighted by Gasteiger charge is 2.16. The summed E-state index contributed by atoms with van der Waals surface area (Å²) in [5.74, 6) is 2.92. The fourth-order valence-electron chi connectivity index (χ4n) is 2.44. The molecule has 1 aliphatic rings. The molecule has 1 aromatic heterocycles. The third-order valence-corrected chi connectivity index (χ3v) is 3.88. The number of hydrogen-bond acceptors (Lipinski definition) is 4. The van der Waals surface area contributed by atoms with Crippen LogP contribution in [0.3, 0.4) is 0 Å². The average Bonchev–Trinajstić information content (AvgIpc) is 3.11. The van der Waals surface area contributed by atoms with E-state index in [2.05, 4.69) is 15.6 Å². The van der Waals surface area contributed by atoms with Gasteiger partial charge in [0.1, 0.15) is 19.0 Å². The number of aliphatic imine (C=N–C) groups is 1. The summed E-state index contributed by atoms with van der Waals surface area (Å²) in [7, 11) is 1.73. The molecule has 2 aromatic rings. The van der Waals surface area contributed by atoms with Crippen molar-refractivity contribution in [3.8, 4) is 11.5 Å². The van der Waals surface area contributed by atoms with E-state index in [0.717, 1.165) is 23.7 Å². The first-order valence-electron chi connectivity index (χ1n) is 7.81. The highest BCUT2D eigenvalue weighted by Crippen LogP contribution is 2.38. The van der Waals surface area contributed by atoms with Crippen LogP contribution in [-0.4, -0.2) is 32.8 Å². The maximum atomic E-state index is 6.25. The fourth-order valence-corrected chi connectivity index (χ4v) is 2.73. The van der Waals surface area contributed by atoms with Crippen molar-refractivity contribution in [1.29, 1.82) is 0 Å². The van der Waals surface area contributed by atoms with Crippen LogP contribution in [0.1, 0.15) is 11.3 Å². The average molecular weight is 478 g/mol. The number of rotatable bonds is 5. The molecule has 136 valence electrons. The summed E-state index contributed by atoms with van der Waals surface area (Å²) in [6.07, 6.45) is 2.44. The lowest BCUT2D eigenvalue weighted by atomic mass is 10.1. The number of halogens is 2. The van der Waals surface area contributed by atoms with Gasteiger partial charge in [-0.25, -0.2) is 0 Å². The highest BCUT2D eigenvalue weighted by molar-refractivity contribution is 14.0. The molecular weight excluding hydrogens is 457 g/mol. The molecule has 0 radical (unpaired) electrons. The fraction of sp³-hybridized carbons (Fsp3) is 0.353. The molecule has 2 N–H and O–H groups in total. The number of furan rings is 1. The van der Waals surface area contributed by atoms with E-state index < -0.39 is 0 Å². The van der Waals surface area contributed by atoms with Gasteiger partial charge in [-0.2, -0.15) is 0 Å². The Balaban J connectivity index is 0.00000225. The molecule has 1 aromatic carbocycles. The van der Waals surface area contributed by atoms with E-state index in [9.17, 15) is 0 Å². The van der Waals surface area contributed by atoms with Crippen LogP contribution in [0.2, 0.25) is 5.02 Å². The van der Waals surface area contributed by atoms with Crippen LogP contribution in [0.25, 0.3) is 0 Å². The molecule has 0 unspecified atom stereocenters. The molecule has 0 aliphatic carbocycles. The van der Waals surface area contributed by atoms with Crippen LogP contribution in [0.5, 0.6) is 11.5 Å². The quantitative estimate of drug-likeness (QED) is 0.393. The third kappa shape index (κ3) is 5.43. The van der Waals surface area contributed by atoms with E-state index >= 15 is 0 Å². The van der Waals surface area contributed by atoms with Gasteiger partial charge in [-0.1, -0.05) is 11.6 Å². The maximum Gasteiger partial charge on any atom is 0.191 e. The van der Waals surface area contributed by atoms with Crippen molar-refractivity contribution >= 4 is 41.5 Å². The smallest absolute Gasteiger partial charge is 0.191 e. The summed E-state index contributed by atoms with van der Waals surface area (Å²) in [5.41, 5.74) is 1.08. The van der Waals surface area contributed by atoms with Gasteiger partial charge in [-0.3, -0.25) is 4.99 Å². The second-order valence-corrected chi connectivity index (χ2v) is 5.69. The lowest BCUT2D eigenvalue weighted by Gasteiger charge is -2.20. The highest BCUT2D eigenvalue weighted by atomic mass is 127. The number of ether oxygens (including phenoxy) is 2. The molecule has 25 heavy (non-hydrogen) atoms. The van der Waals surface area contributed by atoms with E-state index in [0.29, 0.717) is 42.8 Å². The largest absolute Gasteiger partial charge is 0.486 e. The molecule has 0 fully saturated rings. The molecule has 1 aliphatic heterocycles. The van der Waals surface area contributed by atoms with Gasteiger partial charge in [0.2, 0.25) is 0 Å². The SMILES string of the molecule is CN=C(NCCc1cc(Cl)c2c(c1)OCCO2)NCc1ccco1.I. The normalized spacial score (nSPS) is 13.1. The zero-order valence-electron chi connectivity index (χ0n) is 13.9. The van der Waals surface area contributed by atoms with Crippen LogP contribution in [-0.2, 0) is 13.0 Å². The first-order chi connectivity index (χ1) is 11.8. The Morgan fingerprint density at radius 1 is 1.24 bits per heavy atom. The van der Waals surface area contributed by atoms with Gasteiger partial charge < -0.3 is 24.5 Å². The Labute approximate surface area is 169 Å². The van der Waals surface area contributed by atoms with Crippen molar-refractivity contribution in [2.24, 2.45) is 4.99 Å². The van der Waals surface area contributed by atoms with Crippen molar-refractivity contribution in [3.05, 3.63) is 46.9 Å². The van der Waals surface area contributed by atoms with Crippen LogP contribution < -0.4 is 20.1 Å².